The first-order valence-corrected chi connectivity index (χ1v) is 6.58. The van der Waals surface area contributed by atoms with E-state index in [1.807, 2.05) is 30.8 Å². The van der Waals surface area contributed by atoms with Crippen molar-refractivity contribution in [1.82, 2.24) is 4.98 Å². The van der Waals surface area contributed by atoms with Gasteiger partial charge in [0.15, 0.2) is 0 Å². The van der Waals surface area contributed by atoms with Gasteiger partial charge >= 0.3 is 0 Å². The van der Waals surface area contributed by atoms with Crippen LogP contribution >= 0.6 is 11.8 Å². The lowest BCUT2D eigenvalue weighted by Crippen LogP contribution is -2.18. The largest absolute Gasteiger partial charge is 0.369 e. The highest BCUT2D eigenvalue weighted by Crippen LogP contribution is 2.46. The van der Waals surface area contributed by atoms with Crippen LogP contribution < -0.4 is 5.32 Å². The van der Waals surface area contributed by atoms with Gasteiger partial charge in [0.2, 0.25) is 0 Å². The molecule has 3 nitrogen and oxygen atoms in total. The second-order valence-electron chi connectivity index (χ2n) is 4.21. The van der Waals surface area contributed by atoms with E-state index in [9.17, 15) is 0 Å². The lowest BCUT2D eigenvalue weighted by molar-refractivity contribution is 0.938. The fourth-order valence-electron chi connectivity index (χ4n) is 1.58. The Bertz CT molecular complexity index is 432. The first kappa shape index (κ1) is 11.3. The molecule has 16 heavy (non-hydrogen) atoms. The smallest absolute Gasteiger partial charge is 0.145 e. The van der Waals surface area contributed by atoms with E-state index < -0.39 is 0 Å². The zero-order chi connectivity index (χ0) is 11.6. The molecule has 0 radical (unpaired) electrons. The molecular weight excluding hydrogens is 218 g/mol. The lowest BCUT2D eigenvalue weighted by atomic mass is 10.2. The highest BCUT2D eigenvalue weighted by atomic mass is 32.2. The van der Waals surface area contributed by atoms with Gasteiger partial charge in [0.1, 0.15) is 17.6 Å². The number of hydrogen-bond acceptors (Lipinski definition) is 4. The Labute approximate surface area is 100 Å². The molecule has 0 bridgehead atoms. The van der Waals surface area contributed by atoms with Crippen LogP contribution in [0.4, 0.5) is 5.82 Å². The van der Waals surface area contributed by atoms with Crippen molar-refractivity contribution in [2.75, 3.05) is 18.1 Å². The predicted molar refractivity (Wildman–Crippen MR) is 67.7 cm³/mol. The van der Waals surface area contributed by atoms with Gasteiger partial charge in [0, 0.05) is 11.3 Å². The Morgan fingerprint density at radius 2 is 2.31 bits per heavy atom. The molecule has 0 unspecified atom stereocenters. The summed E-state index contributed by atoms with van der Waals surface area (Å²) in [7, 11) is 0. The van der Waals surface area contributed by atoms with E-state index in [1.54, 1.807) is 0 Å². The zero-order valence-electron chi connectivity index (χ0n) is 9.58. The van der Waals surface area contributed by atoms with E-state index >= 15 is 0 Å². The Hall–Kier alpha value is -1.21. The summed E-state index contributed by atoms with van der Waals surface area (Å²) in [5.41, 5.74) is 1.44. The normalized spacial score (nSPS) is 16.6. The van der Waals surface area contributed by atoms with Gasteiger partial charge < -0.3 is 5.32 Å². The average Bonchev–Trinajstić information content (AvgIpc) is 3.09. The van der Waals surface area contributed by atoms with Crippen molar-refractivity contribution in [3.63, 3.8) is 0 Å². The SMILES string of the molecule is CSC1(CNc2ccc(C)c(C#N)n2)CC1. The maximum atomic E-state index is 8.89. The Kier molecular flexibility index (Phi) is 3.06. The van der Waals surface area contributed by atoms with Gasteiger partial charge in [-0.1, -0.05) is 6.07 Å². The molecule has 0 amide bonds. The summed E-state index contributed by atoms with van der Waals surface area (Å²) in [6.45, 7) is 2.84. The van der Waals surface area contributed by atoms with Crippen molar-refractivity contribution in [3.05, 3.63) is 23.4 Å². The predicted octanol–water partition coefficient (Wildman–Crippen LogP) is 2.57. The molecule has 1 aromatic rings. The van der Waals surface area contributed by atoms with Gasteiger partial charge in [-0.2, -0.15) is 17.0 Å². The Morgan fingerprint density at radius 3 is 2.88 bits per heavy atom. The van der Waals surface area contributed by atoms with Crippen LogP contribution in [0.15, 0.2) is 12.1 Å². The molecule has 0 saturated heterocycles. The maximum Gasteiger partial charge on any atom is 0.145 e. The Morgan fingerprint density at radius 1 is 1.56 bits per heavy atom. The van der Waals surface area contributed by atoms with Crippen molar-refractivity contribution in [1.29, 1.82) is 5.26 Å². The van der Waals surface area contributed by atoms with Crippen LogP contribution in [0.1, 0.15) is 24.1 Å². The third-order valence-electron chi connectivity index (χ3n) is 3.04. The van der Waals surface area contributed by atoms with Gasteiger partial charge in [-0.3, -0.25) is 0 Å². The van der Waals surface area contributed by atoms with Crippen LogP contribution in [0.3, 0.4) is 0 Å². The minimum atomic E-state index is 0.416. The third kappa shape index (κ3) is 2.30. The third-order valence-corrected chi connectivity index (χ3v) is 4.45. The summed E-state index contributed by atoms with van der Waals surface area (Å²) in [5, 5.41) is 12.2. The molecule has 2 rings (SSSR count). The number of nitrogens with one attached hydrogen (secondary N) is 1. The lowest BCUT2D eigenvalue weighted by Gasteiger charge is -2.13. The quantitative estimate of drug-likeness (QED) is 0.868. The van der Waals surface area contributed by atoms with Crippen LogP contribution in [0, 0.1) is 18.3 Å². The number of aryl methyl sites for hydroxylation is 1. The van der Waals surface area contributed by atoms with Gasteiger partial charge in [0.25, 0.3) is 0 Å². The number of nitriles is 1. The topological polar surface area (TPSA) is 48.7 Å². The summed E-state index contributed by atoms with van der Waals surface area (Å²) in [4.78, 5) is 4.27. The molecule has 1 aliphatic rings. The fourth-order valence-corrected chi connectivity index (χ4v) is 2.31. The summed E-state index contributed by atoms with van der Waals surface area (Å²) in [6.07, 6.45) is 4.70. The molecule has 1 heterocycles. The first-order chi connectivity index (χ1) is 7.69. The van der Waals surface area contributed by atoms with Crippen LogP contribution in [-0.4, -0.2) is 22.5 Å². The minimum Gasteiger partial charge on any atom is -0.369 e. The van der Waals surface area contributed by atoms with E-state index in [4.69, 9.17) is 5.26 Å². The second-order valence-corrected chi connectivity index (χ2v) is 5.49. The molecule has 1 aromatic heterocycles. The molecule has 1 N–H and O–H groups in total. The Balaban J connectivity index is 2.03. The summed E-state index contributed by atoms with van der Waals surface area (Å²) in [6, 6.07) is 5.98. The number of hydrogen-bond donors (Lipinski definition) is 1. The molecule has 1 fully saturated rings. The van der Waals surface area contributed by atoms with Gasteiger partial charge in [0.05, 0.1) is 0 Å². The first-order valence-electron chi connectivity index (χ1n) is 5.36. The number of anilines is 1. The van der Waals surface area contributed by atoms with E-state index in [1.165, 1.54) is 12.8 Å². The highest BCUT2D eigenvalue weighted by molar-refractivity contribution is 8.00. The van der Waals surface area contributed by atoms with Crippen molar-refractivity contribution in [2.24, 2.45) is 0 Å². The standard InChI is InChI=1S/C12H15N3S/c1-9-3-4-11(15-10(9)7-13)14-8-12(16-2)5-6-12/h3-4H,5-6,8H2,1-2H3,(H,14,15). The van der Waals surface area contributed by atoms with Crippen molar-refractivity contribution in [3.8, 4) is 6.07 Å². The fraction of sp³-hybridized carbons (Fsp3) is 0.500. The molecular formula is C12H15N3S. The summed E-state index contributed by atoms with van der Waals surface area (Å²) >= 11 is 1.92. The van der Waals surface area contributed by atoms with Gasteiger partial charge in [-0.25, -0.2) is 4.98 Å². The number of aromatic nitrogens is 1. The molecule has 0 spiro atoms. The van der Waals surface area contributed by atoms with Crippen molar-refractivity contribution in [2.45, 2.75) is 24.5 Å². The second kappa shape index (κ2) is 4.34. The number of thioether (sulfide) groups is 1. The van der Waals surface area contributed by atoms with Crippen molar-refractivity contribution >= 4 is 17.6 Å². The molecule has 84 valence electrons. The van der Waals surface area contributed by atoms with Crippen LogP contribution in [0.2, 0.25) is 0 Å². The number of nitrogens with zero attached hydrogens (tertiary/aromatic N) is 2. The molecule has 0 aliphatic heterocycles. The molecule has 1 saturated carbocycles. The summed E-state index contributed by atoms with van der Waals surface area (Å²) in [5.74, 6) is 0.808. The van der Waals surface area contributed by atoms with E-state index in [0.29, 0.717) is 10.4 Å². The molecule has 0 aromatic carbocycles. The van der Waals surface area contributed by atoms with Crippen LogP contribution in [0.25, 0.3) is 0 Å². The average molecular weight is 233 g/mol. The molecule has 0 atom stereocenters. The maximum absolute atomic E-state index is 8.89. The van der Waals surface area contributed by atoms with E-state index in [-0.39, 0.29) is 0 Å². The molecule has 1 aliphatic carbocycles. The van der Waals surface area contributed by atoms with Gasteiger partial charge in [-0.05, 0) is 37.7 Å². The van der Waals surface area contributed by atoms with E-state index in [2.05, 4.69) is 22.6 Å². The highest BCUT2D eigenvalue weighted by Gasteiger charge is 2.41. The van der Waals surface area contributed by atoms with E-state index in [0.717, 1.165) is 17.9 Å². The number of rotatable bonds is 4. The van der Waals surface area contributed by atoms with Crippen LogP contribution in [-0.2, 0) is 0 Å². The van der Waals surface area contributed by atoms with Gasteiger partial charge in [-0.15, -0.1) is 0 Å². The monoisotopic (exact) mass is 233 g/mol. The van der Waals surface area contributed by atoms with Crippen LogP contribution in [0.5, 0.6) is 0 Å². The minimum absolute atomic E-state index is 0.416. The number of pyridine rings is 1. The summed E-state index contributed by atoms with van der Waals surface area (Å²) < 4.78 is 0.416. The van der Waals surface area contributed by atoms with Crippen molar-refractivity contribution < 1.29 is 0 Å². The zero-order valence-corrected chi connectivity index (χ0v) is 10.4. The molecule has 4 heteroatoms.